The third-order valence-corrected chi connectivity index (χ3v) is 4.79. The van der Waals surface area contributed by atoms with Crippen LogP contribution in [0.15, 0.2) is 97.3 Å². The Morgan fingerprint density at radius 2 is 0.800 bits per heavy atom. The summed E-state index contributed by atoms with van der Waals surface area (Å²) in [4.78, 5) is 9.34. The van der Waals surface area contributed by atoms with Crippen LogP contribution in [-0.4, -0.2) is 9.97 Å². The molecule has 0 unspecified atom stereocenters. The van der Waals surface area contributed by atoms with Crippen LogP contribution in [0.2, 0.25) is 0 Å². The zero-order valence-corrected chi connectivity index (χ0v) is 18.1. The summed E-state index contributed by atoms with van der Waals surface area (Å²) in [5, 5.41) is 2.26. The van der Waals surface area contributed by atoms with Gasteiger partial charge in [-0.1, -0.05) is 100 Å². The number of hydrogen-bond donors (Lipinski definition) is 0. The van der Waals surface area contributed by atoms with Gasteiger partial charge < -0.3 is 0 Å². The summed E-state index contributed by atoms with van der Waals surface area (Å²) in [6.45, 7) is 8.00. The van der Waals surface area contributed by atoms with E-state index in [0.29, 0.717) is 0 Å². The Morgan fingerprint density at radius 3 is 1.17 bits per heavy atom. The van der Waals surface area contributed by atoms with Crippen LogP contribution in [0, 0.1) is 0 Å². The van der Waals surface area contributed by atoms with Crippen LogP contribution in [-0.2, 0) is 0 Å². The predicted octanol–water partition coefficient (Wildman–Crippen LogP) is 8.17. The zero-order valence-electron chi connectivity index (χ0n) is 18.1. The molecule has 0 N–H and O–H groups in total. The van der Waals surface area contributed by atoms with Crippen molar-refractivity contribution in [2.45, 2.75) is 27.7 Å². The minimum atomic E-state index is 0.946. The summed E-state index contributed by atoms with van der Waals surface area (Å²) in [6, 6.07) is 29.3. The second-order valence-corrected chi connectivity index (χ2v) is 6.31. The van der Waals surface area contributed by atoms with Crippen LogP contribution >= 0.6 is 0 Å². The highest BCUT2D eigenvalue weighted by Crippen LogP contribution is 2.34. The standard InChI is InChI=1S/C24H16N2.2C2H6/c1-3-7-17(8-4-1)19-13-15-25-23-21(19)11-12-22-20(14-16-26-24(22)23)18-9-5-2-6-10-18;2*1-2/h1-16H;2*1-2H3. The van der Waals surface area contributed by atoms with Crippen molar-refractivity contribution >= 4 is 21.8 Å². The van der Waals surface area contributed by atoms with Gasteiger partial charge in [0.1, 0.15) is 0 Å². The molecule has 3 aromatic carbocycles. The van der Waals surface area contributed by atoms with Gasteiger partial charge in [-0.2, -0.15) is 0 Å². The molecular formula is C28H28N2. The van der Waals surface area contributed by atoms with Crippen molar-refractivity contribution in [2.24, 2.45) is 0 Å². The van der Waals surface area contributed by atoms with Gasteiger partial charge in [-0.15, -0.1) is 0 Å². The van der Waals surface area contributed by atoms with E-state index in [2.05, 4.69) is 82.8 Å². The highest BCUT2D eigenvalue weighted by molar-refractivity contribution is 6.11. The van der Waals surface area contributed by atoms with Crippen LogP contribution in [0.1, 0.15) is 27.7 Å². The molecule has 5 aromatic rings. The lowest BCUT2D eigenvalue weighted by atomic mass is 9.97. The smallest absolute Gasteiger partial charge is 0.0970 e. The van der Waals surface area contributed by atoms with Crippen LogP contribution in [0.5, 0.6) is 0 Å². The molecule has 0 aliphatic rings. The summed E-state index contributed by atoms with van der Waals surface area (Å²) in [6.07, 6.45) is 3.75. The molecule has 0 atom stereocenters. The number of hydrogen-bond acceptors (Lipinski definition) is 2. The number of nitrogens with zero attached hydrogens (tertiary/aromatic N) is 2. The molecule has 0 fully saturated rings. The number of rotatable bonds is 2. The summed E-state index contributed by atoms with van der Waals surface area (Å²) >= 11 is 0. The zero-order chi connectivity index (χ0) is 21.3. The van der Waals surface area contributed by atoms with Crippen molar-refractivity contribution in [2.75, 3.05) is 0 Å². The van der Waals surface area contributed by atoms with Crippen molar-refractivity contribution in [1.29, 1.82) is 0 Å². The lowest BCUT2D eigenvalue weighted by molar-refractivity contribution is 1.37. The third kappa shape index (κ3) is 4.08. The molecule has 2 heterocycles. The Balaban J connectivity index is 0.000000606. The Labute approximate surface area is 179 Å². The van der Waals surface area contributed by atoms with Crippen LogP contribution in [0.25, 0.3) is 44.1 Å². The van der Waals surface area contributed by atoms with Crippen LogP contribution in [0.4, 0.5) is 0 Å². The molecule has 0 saturated carbocycles. The molecule has 2 aromatic heterocycles. The van der Waals surface area contributed by atoms with Gasteiger partial charge >= 0.3 is 0 Å². The Morgan fingerprint density at radius 1 is 0.433 bits per heavy atom. The van der Waals surface area contributed by atoms with E-state index in [1.54, 1.807) is 0 Å². The largest absolute Gasteiger partial charge is 0.254 e. The van der Waals surface area contributed by atoms with Gasteiger partial charge in [0, 0.05) is 23.2 Å². The predicted molar refractivity (Wildman–Crippen MR) is 131 cm³/mol. The van der Waals surface area contributed by atoms with Crippen molar-refractivity contribution in [3.63, 3.8) is 0 Å². The quantitative estimate of drug-likeness (QED) is 0.283. The van der Waals surface area contributed by atoms with Crippen LogP contribution < -0.4 is 0 Å². The van der Waals surface area contributed by atoms with Gasteiger partial charge in [-0.3, -0.25) is 9.97 Å². The van der Waals surface area contributed by atoms with E-state index in [-0.39, 0.29) is 0 Å². The fraction of sp³-hybridized carbons (Fsp3) is 0.143. The summed E-state index contributed by atoms with van der Waals surface area (Å²) in [7, 11) is 0. The molecule has 30 heavy (non-hydrogen) atoms. The van der Waals surface area contributed by atoms with E-state index in [9.17, 15) is 0 Å². The summed E-state index contributed by atoms with van der Waals surface area (Å²) in [5.41, 5.74) is 6.65. The van der Waals surface area contributed by atoms with E-state index >= 15 is 0 Å². The average Bonchev–Trinajstić information content (AvgIpc) is 2.86. The average molecular weight is 393 g/mol. The van der Waals surface area contributed by atoms with E-state index in [0.717, 1.165) is 21.8 Å². The molecule has 2 nitrogen and oxygen atoms in total. The molecule has 150 valence electrons. The van der Waals surface area contributed by atoms with Crippen molar-refractivity contribution in [3.8, 4) is 22.3 Å². The van der Waals surface area contributed by atoms with Gasteiger partial charge in [0.15, 0.2) is 0 Å². The molecule has 0 bridgehead atoms. The van der Waals surface area contributed by atoms with Gasteiger partial charge in [-0.25, -0.2) is 0 Å². The monoisotopic (exact) mass is 392 g/mol. The fourth-order valence-electron chi connectivity index (χ4n) is 3.57. The normalized spacial score (nSPS) is 10.0. The van der Waals surface area contributed by atoms with Crippen LogP contribution in [0.3, 0.4) is 0 Å². The maximum Gasteiger partial charge on any atom is 0.0970 e. The third-order valence-electron chi connectivity index (χ3n) is 4.79. The molecule has 0 spiro atoms. The minimum absolute atomic E-state index is 0.946. The van der Waals surface area contributed by atoms with Gasteiger partial charge in [0.25, 0.3) is 0 Å². The Hall–Kier alpha value is -3.52. The first-order valence-electron chi connectivity index (χ1n) is 10.7. The fourth-order valence-corrected chi connectivity index (χ4v) is 3.57. The second-order valence-electron chi connectivity index (χ2n) is 6.31. The molecule has 0 saturated heterocycles. The maximum atomic E-state index is 4.67. The minimum Gasteiger partial charge on any atom is -0.254 e. The first-order chi connectivity index (χ1) is 14.9. The Bertz CT molecular complexity index is 1110. The molecule has 0 amide bonds. The molecule has 0 radical (unpaired) electrons. The van der Waals surface area contributed by atoms with Gasteiger partial charge in [0.05, 0.1) is 11.0 Å². The topological polar surface area (TPSA) is 25.8 Å². The van der Waals surface area contributed by atoms with E-state index < -0.39 is 0 Å². The molecule has 0 aliphatic heterocycles. The highest BCUT2D eigenvalue weighted by atomic mass is 14.7. The molecule has 5 rings (SSSR count). The summed E-state index contributed by atoms with van der Waals surface area (Å²) in [5.74, 6) is 0. The number of aromatic nitrogens is 2. The number of pyridine rings is 2. The maximum absolute atomic E-state index is 4.67. The lowest BCUT2D eigenvalue weighted by Crippen LogP contribution is -1.90. The van der Waals surface area contributed by atoms with Crippen molar-refractivity contribution < 1.29 is 0 Å². The molecule has 0 aliphatic carbocycles. The van der Waals surface area contributed by atoms with Gasteiger partial charge in [0.2, 0.25) is 0 Å². The lowest BCUT2D eigenvalue weighted by Gasteiger charge is -2.11. The molecule has 2 heteroatoms. The van der Waals surface area contributed by atoms with E-state index in [4.69, 9.17) is 0 Å². The van der Waals surface area contributed by atoms with Gasteiger partial charge in [-0.05, 0) is 34.4 Å². The molecular weight excluding hydrogens is 364 g/mol. The first-order valence-corrected chi connectivity index (χ1v) is 10.7. The second kappa shape index (κ2) is 10.3. The van der Waals surface area contributed by atoms with E-state index in [1.807, 2.05) is 52.2 Å². The van der Waals surface area contributed by atoms with Crippen molar-refractivity contribution in [3.05, 3.63) is 97.3 Å². The Kier molecular flexibility index (Phi) is 7.29. The van der Waals surface area contributed by atoms with E-state index in [1.165, 1.54) is 22.3 Å². The summed E-state index contributed by atoms with van der Waals surface area (Å²) < 4.78 is 0. The highest BCUT2D eigenvalue weighted by Gasteiger charge is 2.11. The SMILES string of the molecule is CC.CC.c1ccc(-c2ccnc3c2ccc2c(-c4ccccc4)ccnc23)cc1. The van der Waals surface area contributed by atoms with Crippen molar-refractivity contribution in [1.82, 2.24) is 9.97 Å². The number of benzene rings is 3. The number of fused-ring (bicyclic) bond motifs is 3. The first kappa shape index (κ1) is 21.2.